The molecule has 1 aromatic rings. The summed E-state index contributed by atoms with van der Waals surface area (Å²) >= 11 is 1.42. The monoisotopic (exact) mass is 344 g/mol. The first-order chi connectivity index (χ1) is 10.5. The highest BCUT2D eigenvalue weighted by molar-refractivity contribution is 7.89. The van der Waals surface area contributed by atoms with Gasteiger partial charge in [0.05, 0.1) is 11.7 Å². The van der Waals surface area contributed by atoms with Gasteiger partial charge in [0.2, 0.25) is 21.1 Å². The summed E-state index contributed by atoms with van der Waals surface area (Å²) in [7, 11) is -3.23. The minimum Gasteiger partial charge on any atom is -0.300 e. The molecule has 0 aromatic carbocycles. The van der Waals surface area contributed by atoms with Crippen LogP contribution in [0.15, 0.2) is 0 Å². The van der Waals surface area contributed by atoms with E-state index in [1.165, 1.54) is 15.6 Å². The predicted molar refractivity (Wildman–Crippen MR) is 84.3 cm³/mol. The number of rotatable bonds is 5. The number of sulfonamides is 1. The number of hydrogen-bond acceptors (Lipinski definition) is 6. The van der Waals surface area contributed by atoms with E-state index in [2.05, 4.69) is 15.5 Å². The molecule has 1 aliphatic carbocycles. The summed E-state index contributed by atoms with van der Waals surface area (Å²) in [6.07, 6.45) is 3.71. The van der Waals surface area contributed by atoms with Gasteiger partial charge < -0.3 is 5.32 Å². The van der Waals surface area contributed by atoms with E-state index in [4.69, 9.17) is 0 Å². The lowest BCUT2D eigenvalue weighted by atomic mass is 9.99. The maximum atomic E-state index is 12.3. The lowest BCUT2D eigenvalue weighted by Gasteiger charge is -2.30. The van der Waals surface area contributed by atoms with Gasteiger partial charge in [-0.05, 0) is 32.6 Å². The van der Waals surface area contributed by atoms with Crippen LogP contribution in [0.25, 0.3) is 0 Å². The van der Waals surface area contributed by atoms with Gasteiger partial charge in [0.15, 0.2) is 0 Å². The third-order valence-corrected chi connectivity index (χ3v) is 6.96. The van der Waals surface area contributed by atoms with Gasteiger partial charge in [-0.15, -0.1) is 10.2 Å². The van der Waals surface area contributed by atoms with Gasteiger partial charge >= 0.3 is 0 Å². The minimum atomic E-state index is -3.23. The third-order valence-electron chi connectivity index (χ3n) is 4.11. The van der Waals surface area contributed by atoms with Crippen molar-refractivity contribution in [1.29, 1.82) is 0 Å². The van der Waals surface area contributed by atoms with Crippen LogP contribution >= 0.6 is 11.3 Å². The van der Waals surface area contributed by atoms with Crippen molar-refractivity contribution >= 4 is 32.4 Å². The first kappa shape index (κ1) is 15.8. The number of hydrogen-bond donors (Lipinski definition) is 1. The molecule has 1 aromatic heterocycles. The molecule has 2 heterocycles. The molecule has 1 N–H and O–H groups in total. The largest absolute Gasteiger partial charge is 0.300 e. The number of piperidine rings is 1. The third kappa shape index (κ3) is 3.47. The molecule has 1 aliphatic heterocycles. The lowest BCUT2D eigenvalue weighted by Crippen LogP contribution is -2.44. The molecular formula is C13H20N4O3S2. The Hall–Kier alpha value is -1.06. The van der Waals surface area contributed by atoms with Gasteiger partial charge in [-0.2, -0.15) is 0 Å². The quantitative estimate of drug-likeness (QED) is 0.872. The highest BCUT2D eigenvalue weighted by Gasteiger charge is 2.32. The zero-order chi connectivity index (χ0) is 15.7. The van der Waals surface area contributed by atoms with Crippen LogP contribution in [0.2, 0.25) is 0 Å². The van der Waals surface area contributed by atoms with Crippen LogP contribution in [-0.2, 0) is 14.8 Å². The van der Waals surface area contributed by atoms with E-state index in [0.717, 1.165) is 17.8 Å². The fourth-order valence-corrected chi connectivity index (χ4v) is 4.67. The molecule has 2 aliphatic rings. The Balaban J connectivity index is 1.61. The molecule has 0 radical (unpaired) electrons. The van der Waals surface area contributed by atoms with Crippen molar-refractivity contribution in [2.75, 3.05) is 24.2 Å². The molecule has 1 atom stereocenters. The van der Waals surface area contributed by atoms with Crippen molar-refractivity contribution in [2.24, 2.45) is 5.92 Å². The summed E-state index contributed by atoms with van der Waals surface area (Å²) in [4.78, 5) is 12.3. The van der Waals surface area contributed by atoms with E-state index in [-0.39, 0.29) is 24.1 Å². The minimum absolute atomic E-state index is 0.0719. The summed E-state index contributed by atoms with van der Waals surface area (Å²) in [5.41, 5.74) is 0. The van der Waals surface area contributed by atoms with Crippen LogP contribution in [0.4, 0.5) is 5.13 Å². The second-order valence-corrected chi connectivity index (χ2v) is 9.07. The fraction of sp³-hybridized carbons (Fsp3) is 0.769. The molecule has 0 bridgehead atoms. The summed E-state index contributed by atoms with van der Waals surface area (Å²) < 4.78 is 25.3. The highest BCUT2D eigenvalue weighted by atomic mass is 32.2. The van der Waals surface area contributed by atoms with E-state index in [9.17, 15) is 13.2 Å². The van der Waals surface area contributed by atoms with Gasteiger partial charge in [0.1, 0.15) is 5.01 Å². The number of nitrogens with zero attached hydrogens (tertiary/aromatic N) is 3. The zero-order valence-corrected chi connectivity index (χ0v) is 14.1. The Bertz CT molecular complexity index is 654. The molecule has 0 unspecified atom stereocenters. The molecule has 1 saturated heterocycles. The number of aromatic nitrogens is 2. The second kappa shape index (κ2) is 6.21. The second-order valence-electron chi connectivity index (χ2n) is 5.81. The summed E-state index contributed by atoms with van der Waals surface area (Å²) in [6, 6.07) is 0. The molecule has 3 rings (SSSR count). The van der Waals surface area contributed by atoms with Crippen LogP contribution in [0.3, 0.4) is 0 Å². The first-order valence-electron chi connectivity index (χ1n) is 7.61. The Morgan fingerprint density at radius 2 is 2.14 bits per heavy atom. The van der Waals surface area contributed by atoms with Crippen LogP contribution < -0.4 is 5.32 Å². The van der Waals surface area contributed by atoms with Crippen molar-refractivity contribution < 1.29 is 13.2 Å². The Morgan fingerprint density at radius 3 is 2.82 bits per heavy atom. The van der Waals surface area contributed by atoms with E-state index < -0.39 is 10.0 Å². The smallest absolute Gasteiger partial charge is 0.230 e. The molecule has 7 nitrogen and oxygen atoms in total. The molecule has 22 heavy (non-hydrogen) atoms. The van der Waals surface area contributed by atoms with E-state index >= 15 is 0 Å². The topological polar surface area (TPSA) is 92.3 Å². The molecular weight excluding hydrogens is 324 g/mol. The Kier molecular flexibility index (Phi) is 4.47. The summed E-state index contributed by atoms with van der Waals surface area (Å²) in [6.45, 7) is 2.39. The molecule has 122 valence electrons. The van der Waals surface area contributed by atoms with Gasteiger partial charge in [0.25, 0.3) is 0 Å². The van der Waals surface area contributed by atoms with E-state index in [1.807, 2.05) is 0 Å². The van der Waals surface area contributed by atoms with Crippen molar-refractivity contribution in [3.63, 3.8) is 0 Å². The van der Waals surface area contributed by atoms with Gasteiger partial charge in [-0.3, -0.25) is 4.79 Å². The summed E-state index contributed by atoms with van der Waals surface area (Å²) in [5.74, 6) is 0.114. The predicted octanol–water partition coefficient (Wildman–Crippen LogP) is 1.42. The zero-order valence-electron chi connectivity index (χ0n) is 12.5. The lowest BCUT2D eigenvalue weighted by molar-refractivity contribution is -0.120. The van der Waals surface area contributed by atoms with Crippen molar-refractivity contribution in [2.45, 2.75) is 38.5 Å². The summed E-state index contributed by atoms with van der Waals surface area (Å²) in [5, 5.41) is 12.4. The average molecular weight is 344 g/mol. The SMILES string of the molecule is CCS(=O)(=O)N1CCC[C@H](C(=O)Nc2nnc(C3CC3)s2)C1. The molecule has 1 saturated carbocycles. The van der Waals surface area contributed by atoms with Crippen LogP contribution in [-0.4, -0.2) is 47.7 Å². The van der Waals surface area contributed by atoms with E-state index in [1.54, 1.807) is 6.92 Å². The van der Waals surface area contributed by atoms with Gasteiger partial charge in [-0.1, -0.05) is 11.3 Å². The van der Waals surface area contributed by atoms with Crippen molar-refractivity contribution in [1.82, 2.24) is 14.5 Å². The standard InChI is InChI=1S/C13H20N4O3S2/c1-2-22(19,20)17-7-3-4-10(8-17)11(18)14-13-16-15-12(21-13)9-5-6-9/h9-10H,2-8H2,1H3,(H,14,16,18)/t10-/m0/s1. The molecule has 1 amide bonds. The molecule has 9 heteroatoms. The first-order valence-corrected chi connectivity index (χ1v) is 10.0. The number of carbonyl (C=O) groups excluding carboxylic acids is 1. The Morgan fingerprint density at radius 1 is 1.36 bits per heavy atom. The number of carbonyl (C=O) groups is 1. The van der Waals surface area contributed by atoms with Crippen molar-refractivity contribution in [3.05, 3.63) is 5.01 Å². The maximum Gasteiger partial charge on any atom is 0.230 e. The van der Waals surface area contributed by atoms with E-state index in [0.29, 0.717) is 30.4 Å². The number of anilines is 1. The van der Waals surface area contributed by atoms with Crippen LogP contribution in [0.5, 0.6) is 0 Å². The van der Waals surface area contributed by atoms with Crippen LogP contribution in [0, 0.1) is 5.92 Å². The van der Waals surface area contributed by atoms with Gasteiger partial charge in [-0.25, -0.2) is 12.7 Å². The van der Waals surface area contributed by atoms with Gasteiger partial charge in [0, 0.05) is 19.0 Å². The fourth-order valence-electron chi connectivity index (χ4n) is 2.58. The van der Waals surface area contributed by atoms with Crippen molar-refractivity contribution in [3.8, 4) is 0 Å². The molecule has 2 fully saturated rings. The normalized spacial score (nSPS) is 23.4. The number of amides is 1. The Labute approximate surface area is 134 Å². The highest BCUT2D eigenvalue weighted by Crippen LogP contribution is 2.42. The number of nitrogens with one attached hydrogen (secondary N) is 1. The van der Waals surface area contributed by atoms with Crippen LogP contribution in [0.1, 0.15) is 43.5 Å². The average Bonchev–Trinajstić information content (AvgIpc) is 3.27. The maximum absolute atomic E-state index is 12.3. The molecule has 0 spiro atoms.